The van der Waals surface area contributed by atoms with E-state index in [0.717, 1.165) is 25.8 Å². The van der Waals surface area contributed by atoms with Gasteiger partial charge in [0, 0.05) is 30.6 Å². The van der Waals surface area contributed by atoms with Crippen molar-refractivity contribution in [3.8, 4) is 0 Å². The highest BCUT2D eigenvalue weighted by Crippen LogP contribution is 2.47. The van der Waals surface area contributed by atoms with Crippen molar-refractivity contribution in [1.82, 2.24) is 4.90 Å². The minimum Gasteiger partial charge on any atom is -0.374 e. The van der Waals surface area contributed by atoms with Crippen molar-refractivity contribution in [3.63, 3.8) is 0 Å². The van der Waals surface area contributed by atoms with Crippen LogP contribution in [0.25, 0.3) is 0 Å². The zero-order valence-corrected chi connectivity index (χ0v) is 18.8. The zero-order chi connectivity index (χ0) is 27.8. The van der Waals surface area contributed by atoms with Crippen LogP contribution in [-0.4, -0.2) is 81.9 Å². The topological polar surface area (TPSA) is 56.1 Å². The van der Waals surface area contributed by atoms with Crippen LogP contribution in [0.15, 0.2) is 4.99 Å². The highest BCUT2D eigenvalue weighted by Gasteiger charge is 2.71. The predicted molar refractivity (Wildman–Crippen MR) is 99.7 cm³/mol. The number of likely N-dealkylation sites (N-methyl/N-ethyl adjacent to an activating group) is 1. The van der Waals surface area contributed by atoms with Crippen molar-refractivity contribution in [3.05, 3.63) is 0 Å². The molecule has 0 spiro atoms. The van der Waals surface area contributed by atoms with Crippen molar-refractivity contribution in [2.45, 2.75) is 106 Å². The maximum atomic E-state index is 13.0. The first-order chi connectivity index (χ1) is 15.4. The minimum atomic E-state index is -6.08. The summed E-state index contributed by atoms with van der Waals surface area (Å²) in [7, 11) is 1.13. The molecule has 1 aliphatic carbocycles. The van der Waals surface area contributed by atoms with Gasteiger partial charge in [-0.25, -0.2) is 0 Å². The molecule has 0 heterocycles. The maximum Gasteiger partial charge on any atom is 0.426 e. The number of alkyl halides is 12. The van der Waals surface area contributed by atoms with Gasteiger partial charge < -0.3 is 10.2 Å². The van der Waals surface area contributed by atoms with Crippen molar-refractivity contribution in [1.29, 1.82) is 0 Å². The Balaban J connectivity index is 3.20. The Labute approximate surface area is 193 Å². The minimum absolute atomic E-state index is 0.0817. The van der Waals surface area contributed by atoms with E-state index in [4.69, 9.17) is 0 Å². The molecule has 35 heavy (non-hydrogen) atoms. The normalized spacial score (nSPS) is 23.1. The summed E-state index contributed by atoms with van der Waals surface area (Å²) < 4.78 is 156. The van der Waals surface area contributed by atoms with Gasteiger partial charge in [-0.2, -0.15) is 52.7 Å². The highest BCUT2D eigenvalue weighted by atomic mass is 19.4. The second-order valence-electron chi connectivity index (χ2n) is 8.89. The number of aliphatic hydroxyl groups is 2. The van der Waals surface area contributed by atoms with Gasteiger partial charge in [-0.15, -0.1) is 0 Å². The van der Waals surface area contributed by atoms with Crippen LogP contribution in [0.5, 0.6) is 0 Å². The summed E-state index contributed by atoms with van der Waals surface area (Å²) in [5, 5.41) is 18.8. The van der Waals surface area contributed by atoms with E-state index in [0.29, 0.717) is 12.8 Å². The number of rotatable bonds is 7. The third-order valence-electron chi connectivity index (χ3n) is 6.28. The third-order valence-corrected chi connectivity index (χ3v) is 6.28. The van der Waals surface area contributed by atoms with Gasteiger partial charge in [0.2, 0.25) is 0 Å². The fraction of sp³-hybridized carbons (Fsp3) is 0.947. The Morgan fingerprint density at radius 2 is 1.20 bits per heavy atom. The molecular formula is C19H26F12N2O2. The molecule has 0 bridgehead atoms. The van der Waals surface area contributed by atoms with Gasteiger partial charge in [0.05, 0.1) is 6.04 Å². The van der Waals surface area contributed by atoms with E-state index in [-0.39, 0.29) is 12.8 Å². The Kier molecular flexibility index (Phi) is 9.27. The molecule has 0 aromatic carbocycles. The molecule has 0 radical (unpaired) electrons. The summed E-state index contributed by atoms with van der Waals surface area (Å²) in [5.74, 6) is 0. The van der Waals surface area contributed by atoms with Crippen LogP contribution in [0.1, 0.15) is 52.4 Å². The van der Waals surface area contributed by atoms with Crippen LogP contribution in [0.3, 0.4) is 0 Å². The summed E-state index contributed by atoms with van der Waals surface area (Å²) in [4.78, 5) is 4.88. The molecule has 3 atom stereocenters. The highest BCUT2D eigenvalue weighted by molar-refractivity contribution is 5.83. The molecule has 16 heteroatoms. The molecule has 2 N–H and O–H groups in total. The summed E-state index contributed by atoms with van der Waals surface area (Å²) >= 11 is 0. The standard InChI is InChI=1S/C19H26F12N2O2/c1-10(8-14(34,16(20,21)22)17(23,24)25)32-12-6-4-5-7-13(12)33(3)11(2)9-15(35,18(26,27)28)19(29,30)31/h11-13,34-35H,4-9H2,1-3H3/t11?,12?,13-/m1/s1. The van der Waals surface area contributed by atoms with E-state index in [9.17, 15) is 62.9 Å². The monoisotopic (exact) mass is 542 g/mol. The van der Waals surface area contributed by atoms with E-state index in [1.165, 1.54) is 0 Å². The fourth-order valence-corrected chi connectivity index (χ4v) is 4.07. The molecule has 1 rings (SSSR count). The van der Waals surface area contributed by atoms with Crippen LogP contribution in [0, 0.1) is 0 Å². The third kappa shape index (κ3) is 6.73. The summed E-state index contributed by atoms with van der Waals surface area (Å²) in [5.41, 5.74) is -10.9. The lowest BCUT2D eigenvalue weighted by Crippen LogP contribution is -2.60. The molecule has 1 aliphatic rings. The van der Waals surface area contributed by atoms with E-state index >= 15 is 0 Å². The Bertz CT molecular complexity index is 714. The van der Waals surface area contributed by atoms with Gasteiger partial charge in [-0.1, -0.05) is 12.8 Å². The first-order valence-corrected chi connectivity index (χ1v) is 10.4. The van der Waals surface area contributed by atoms with E-state index in [2.05, 4.69) is 4.99 Å². The van der Waals surface area contributed by atoms with Crippen LogP contribution < -0.4 is 0 Å². The Morgan fingerprint density at radius 3 is 1.60 bits per heavy atom. The van der Waals surface area contributed by atoms with Gasteiger partial charge in [0.25, 0.3) is 11.2 Å². The number of hydrogen-bond acceptors (Lipinski definition) is 4. The lowest BCUT2D eigenvalue weighted by molar-refractivity contribution is -0.372. The molecule has 4 nitrogen and oxygen atoms in total. The number of halogens is 12. The number of aliphatic imine (C=N–C) groups is 1. The SMILES string of the molecule is CC(CC(O)(C(F)(F)F)C(F)(F)F)=NC1CCCC[C@H]1N(C)C(C)CC(O)(C(F)(F)F)C(F)(F)F. The van der Waals surface area contributed by atoms with Gasteiger partial charge >= 0.3 is 24.7 Å². The Morgan fingerprint density at radius 1 is 0.800 bits per heavy atom. The lowest BCUT2D eigenvalue weighted by Gasteiger charge is -2.42. The molecule has 208 valence electrons. The molecule has 0 saturated heterocycles. The van der Waals surface area contributed by atoms with Gasteiger partial charge in [0.15, 0.2) is 0 Å². The number of hydrogen-bond donors (Lipinski definition) is 2. The van der Waals surface area contributed by atoms with Gasteiger partial charge in [-0.3, -0.25) is 9.89 Å². The fourth-order valence-electron chi connectivity index (χ4n) is 4.07. The van der Waals surface area contributed by atoms with Crippen molar-refractivity contribution >= 4 is 5.71 Å². The zero-order valence-electron chi connectivity index (χ0n) is 18.8. The van der Waals surface area contributed by atoms with E-state index in [1.54, 1.807) is 0 Å². The molecular weight excluding hydrogens is 516 g/mol. The maximum absolute atomic E-state index is 13.0. The molecule has 2 unspecified atom stereocenters. The summed E-state index contributed by atoms with van der Waals surface area (Å²) in [6.45, 7) is 1.78. The van der Waals surface area contributed by atoms with E-state index < -0.39 is 72.6 Å². The predicted octanol–water partition coefficient (Wildman–Crippen LogP) is 5.57. The summed E-state index contributed by atoms with van der Waals surface area (Å²) in [6.07, 6.45) is -27.0. The van der Waals surface area contributed by atoms with E-state index in [1.807, 2.05) is 0 Å². The summed E-state index contributed by atoms with van der Waals surface area (Å²) in [6, 6.07) is -3.57. The van der Waals surface area contributed by atoms with Crippen LogP contribution >= 0.6 is 0 Å². The van der Waals surface area contributed by atoms with Crippen LogP contribution in [0.2, 0.25) is 0 Å². The quantitative estimate of drug-likeness (QED) is 0.327. The first kappa shape index (κ1) is 31.7. The van der Waals surface area contributed by atoms with Crippen molar-refractivity contribution < 1.29 is 62.9 Å². The van der Waals surface area contributed by atoms with Crippen LogP contribution in [-0.2, 0) is 0 Å². The second-order valence-corrected chi connectivity index (χ2v) is 8.89. The van der Waals surface area contributed by atoms with Crippen molar-refractivity contribution in [2.75, 3.05) is 7.05 Å². The molecule has 1 fully saturated rings. The second kappa shape index (κ2) is 10.2. The number of nitrogens with zero attached hydrogens (tertiary/aromatic N) is 2. The molecule has 0 aromatic heterocycles. The first-order valence-electron chi connectivity index (χ1n) is 10.4. The molecule has 1 saturated carbocycles. The average molecular weight is 542 g/mol. The smallest absolute Gasteiger partial charge is 0.374 e. The van der Waals surface area contributed by atoms with Crippen molar-refractivity contribution in [2.24, 2.45) is 4.99 Å². The average Bonchev–Trinajstić information content (AvgIpc) is 2.64. The molecule has 0 amide bonds. The van der Waals surface area contributed by atoms with Gasteiger partial charge in [-0.05, 0) is 33.7 Å². The molecule has 0 aliphatic heterocycles. The Hall–Kier alpha value is -1.29. The lowest BCUT2D eigenvalue weighted by atomic mass is 9.86. The van der Waals surface area contributed by atoms with Gasteiger partial charge in [0.1, 0.15) is 0 Å². The van der Waals surface area contributed by atoms with Crippen LogP contribution in [0.4, 0.5) is 52.7 Å². The molecule has 0 aromatic rings. The largest absolute Gasteiger partial charge is 0.426 e.